The number of nitrogens with one attached hydrogen (secondary N) is 1. The van der Waals surface area contributed by atoms with Crippen molar-refractivity contribution in [3.8, 4) is 11.3 Å². The Bertz CT molecular complexity index is 921. The standard InChI is InChI=1S/C25H32N4S/c1-19(2)15-29(16-20(3)4)17-23-13-9-8-12-22(23)14-26-28-25-27-24(18-30-25)21-10-6-5-7-11-21/h5-14,18-20H,15-17H2,1-4H3,(H,27,28). The zero-order valence-corrected chi connectivity index (χ0v) is 19.2. The van der Waals surface area contributed by atoms with Gasteiger partial charge in [0, 0.05) is 30.6 Å². The molecule has 2 aromatic carbocycles. The van der Waals surface area contributed by atoms with Gasteiger partial charge in [-0.05, 0) is 23.0 Å². The molecule has 0 aliphatic carbocycles. The number of thiazole rings is 1. The van der Waals surface area contributed by atoms with Crippen LogP contribution in [0, 0.1) is 11.8 Å². The van der Waals surface area contributed by atoms with Crippen LogP contribution in [-0.2, 0) is 6.54 Å². The second-order valence-electron chi connectivity index (χ2n) is 8.45. The van der Waals surface area contributed by atoms with E-state index in [0.29, 0.717) is 11.8 Å². The summed E-state index contributed by atoms with van der Waals surface area (Å²) in [6.07, 6.45) is 1.90. The van der Waals surface area contributed by atoms with Gasteiger partial charge in [-0.1, -0.05) is 82.3 Å². The molecule has 0 saturated heterocycles. The lowest BCUT2D eigenvalue weighted by Crippen LogP contribution is -2.31. The highest BCUT2D eigenvalue weighted by Gasteiger charge is 2.12. The highest BCUT2D eigenvalue weighted by atomic mass is 32.1. The zero-order valence-electron chi connectivity index (χ0n) is 18.4. The van der Waals surface area contributed by atoms with Gasteiger partial charge in [0.1, 0.15) is 0 Å². The average molecular weight is 421 g/mol. The molecule has 0 saturated carbocycles. The predicted octanol–water partition coefficient (Wildman–Crippen LogP) is 6.37. The van der Waals surface area contributed by atoms with Crippen LogP contribution in [0.2, 0.25) is 0 Å². The molecule has 0 amide bonds. The largest absolute Gasteiger partial charge is 0.299 e. The first-order valence-electron chi connectivity index (χ1n) is 10.6. The van der Waals surface area contributed by atoms with E-state index >= 15 is 0 Å². The molecule has 0 spiro atoms. The number of anilines is 1. The van der Waals surface area contributed by atoms with E-state index in [4.69, 9.17) is 0 Å². The Kier molecular flexibility index (Phi) is 8.17. The molecule has 3 aromatic rings. The van der Waals surface area contributed by atoms with Crippen molar-refractivity contribution < 1.29 is 0 Å². The smallest absolute Gasteiger partial charge is 0.203 e. The lowest BCUT2D eigenvalue weighted by Gasteiger charge is -2.26. The molecule has 5 heteroatoms. The molecule has 1 heterocycles. The monoisotopic (exact) mass is 420 g/mol. The maximum absolute atomic E-state index is 4.63. The number of hydrogen-bond donors (Lipinski definition) is 1. The highest BCUT2D eigenvalue weighted by molar-refractivity contribution is 7.14. The van der Waals surface area contributed by atoms with E-state index in [1.165, 1.54) is 5.56 Å². The summed E-state index contributed by atoms with van der Waals surface area (Å²) in [5, 5.41) is 7.31. The second kappa shape index (κ2) is 11.0. The minimum absolute atomic E-state index is 0.648. The fourth-order valence-corrected chi connectivity index (χ4v) is 4.17. The van der Waals surface area contributed by atoms with Crippen molar-refractivity contribution in [2.24, 2.45) is 16.9 Å². The zero-order chi connectivity index (χ0) is 21.3. The minimum atomic E-state index is 0.648. The fourth-order valence-electron chi connectivity index (χ4n) is 3.51. The van der Waals surface area contributed by atoms with Gasteiger partial charge in [-0.3, -0.25) is 10.3 Å². The van der Waals surface area contributed by atoms with Gasteiger partial charge >= 0.3 is 0 Å². The van der Waals surface area contributed by atoms with E-state index in [1.54, 1.807) is 11.3 Å². The maximum atomic E-state index is 4.63. The van der Waals surface area contributed by atoms with Crippen LogP contribution in [0.15, 0.2) is 65.1 Å². The van der Waals surface area contributed by atoms with Crippen LogP contribution in [0.25, 0.3) is 11.3 Å². The molecule has 0 aliphatic heterocycles. The molecule has 30 heavy (non-hydrogen) atoms. The molecule has 0 bridgehead atoms. The summed E-state index contributed by atoms with van der Waals surface area (Å²) in [7, 11) is 0. The van der Waals surface area contributed by atoms with Crippen molar-refractivity contribution in [1.29, 1.82) is 0 Å². The van der Waals surface area contributed by atoms with Crippen LogP contribution in [0.4, 0.5) is 5.13 Å². The molecular formula is C25H32N4S. The Morgan fingerprint density at radius 2 is 1.63 bits per heavy atom. The highest BCUT2D eigenvalue weighted by Crippen LogP contribution is 2.24. The van der Waals surface area contributed by atoms with Gasteiger partial charge in [-0.15, -0.1) is 11.3 Å². The van der Waals surface area contributed by atoms with Gasteiger partial charge in [0.15, 0.2) is 0 Å². The Labute approximate surface area is 184 Å². The first kappa shape index (κ1) is 22.2. The van der Waals surface area contributed by atoms with Crippen molar-refractivity contribution in [2.75, 3.05) is 18.5 Å². The van der Waals surface area contributed by atoms with Crippen molar-refractivity contribution in [3.63, 3.8) is 0 Å². The minimum Gasteiger partial charge on any atom is -0.299 e. The van der Waals surface area contributed by atoms with Crippen LogP contribution in [0.1, 0.15) is 38.8 Å². The van der Waals surface area contributed by atoms with E-state index in [9.17, 15) is 0 Å². The molecule has 1 aromatic heterocycles. The quantitative estimate of drug-likeness (QED) is 0.306. The number of hydrogen-bond acceptors (Lipinski definition) is 5. The molecule has 0 atom stereocenters. The van der Waals surface area contributed by atoms with Crippen LogP contribution in [-0.4, -0.2) is 29.2 Å². The van der Waals surface area contributed by atoms with Gasteiger partial charge in [0.25, 0.3) is 0 Å². The Hall–Kier alpha value is -2.50. The van der Waals surface area contributed by atoms with Crippen molar-refractivity contribution in [2.45, 2.75) is 34.2 Å². The SMILES string of the molecule is CC(C)CN(Cc1ccccc1C=NNc1nc(-c2ccccc2)cs1)CC(C)C. The first-order chi connectivity index (χ1) is 14.5. The molecule has 3 rings (SSSR count). The molecule has 0 radical (unpaired) electrons. The van der Waals surface area contributed by atoms with E-state index in [-0.39, 0.29) is 0 Å². The Balaban J connectivity index is 1.67. The predicted molar refractivity (Wildman–Crippen MR) is 130 cm³/mol. The number of nitrogens with zero attached hydrogens (tertiary/aromatic N) is 3. The number of hydrazone groups is 1. The lowest BCUT2D eigenvalue weighted by atomic mass is 10.1. The van der Waals surface area contributed by atoms with Crippen molar-refractivity contribution in [1.82, 2.24) is 9.88 Å². The summed E-state index contributed by atoms with van der Waals surface area (Å²) in [4.78, 5) is 7.18. The maximum Gasteiger partial charge on any atom is 0.203 e. The first-order valence-corrected chi connectivity index (χ1v) is 11.5. The number of aromatic nitrogens is 1. The third kappa shape index (κ3) is 6.78. The third-order valence-corrected chi connectivity index (χ3v) is 5.38. The fraction of sp³-hybridized carbons (Fsp3) is 0.360. The second-order valence-corrected chi connectivity index (χ2v) is 9.31. The number of rotatable bonds is 10. The van der Waals surface area contributed by atoms with Crippen molar-refractivity contribution >= 4 is 22.7 Å². The van der Waals surface area contributed by atoms with E-state index < -0.39 is 0 Å². The van der Waals surface area contributed by atoms with Gasteiger partial charge < -0.3 is 0 Å². The lowest BCUT2D eigenvalue weighted by molar-refractivity contribution is 0.211. The topological polar surface area (TPSA) is 40.5 Å². The van der Waals surface area contributed by atoms with Gasteiger partial charge in [0.2, 0.25) is 5.13 Å². The Morgan fingerprint density at radius 3 is 2.33 bits per heavy atom. The Morgan fingerprint density at radius 1 is 0.967 bits per heavy atom. The van der Waals surface area contributed by atoms with Crippen LogP contribution >= 0.6 is 11.3 Å². The molecule has 4 nitrogen and oxygen atoms in total. The van der Waals surface area contributed by atoms with Crippen LogP contribution in [0.3, 0.4) is 0 Å². The molecule has 0 fully saturated rings. The van der Waals surface area contributed by atoms with Crippen LogP contribution in [0.5, 0.6) is 0 Å². The van der Waals surface area contributed by atoms with Gasteiger partial charge in [-0.25, -0.2) is 4.98 Å². The molecule has 1 N–H and O–H groups in total. The molecule has 158 valence electrons. The molecular weight excluding hydrogens is 388 g/mol. The summed E-state index contributed by atoms with van der Waals surface area (Å²) < 4.78 is 0. The summed E-state index contributed by atoms with van der Waals surface area (Å²) >= 11 is 1.56. The summed E-state index contributed by atoms with van der Waals surface area (Å²) in [6.45, 7) is 12.3. The van der Waals surface area contributed by atoms with E-state index in [2.05, 4.69) is 89.9 Å². The normalized spacial score (nSPS) is 11.8. The van der Waals surface area contributed by atoms with Gasteiger partial charge in [-0.2, -0.15) is 5.10 Å². The number of benzene rings is 2. The van der Waals surface area contributed by atoms with Crippen LogP contribution < -0.4 is 5.43 Å². The van der Waals surface area contributed by atoms with E-state index in [0.717, 1.165) is 41.6 Å². The summed E-state index contributed by atoms with van der Waals surface area (Å²) in [5.41, 5.74) is 7.62. The molecule has 0 aliphatic rings. The summed E-state index contributed by atoms with van der Waals surface area (Å²) in [6, 6.07) is 18.7. The van der Waals surface area contributed by atoms with E-state index in [1.807, 2.05) is 24.4 Å². The van der Waals surface area contributed by atoms with Gasteiger partial charge in [0.05, 0.1) is 11.9 Å². The molecule has 0 unspecified atom stereocenters. The van der Waals surface area contributed by atoms with Crippen molar-refractivity contribution in [3.05, 3.63) is 71.1 Å². The third-order valence-electron chi connectivity index (χ3n) is 4.63. The average Bonchev–Trinajstić information content (AvgIpc) is 3.18. The summed E-state index contributed by atoms with van der Waals surface area (Å²) in [5.74, 6) is 1.30.